The Kier molecular flexibility index (Phi) is 3.13. The van der Waals surface area contributed by atoms with Gasteiger partial charge >= 0.3 is 5.97 Å². The first kappa shape index (κ1) is 8.29. The summed E-state index contributed by atoms with van der Waals surface area (Å²) >= 11 is 3.89. The summed E-state index contributed by atoms with van der Waals surface area (Å²) < 4.78 is 4.76. The second kappa shape index (κ2) is 4.15. The predicted octanol–water partition coefficient (Wildman–Crippen LogP) is -1.09. The monoisotopic (exact) mass is 173 g/mol. The molecule has 60 valence electrons. The summed E-state index contributed by atoms with van der Waals surface area (Å²) in [5, 5.41) is 1.69. The maximum absolute atomic E-state index is 10.9. The Morgan fingerprint density at radius 1 is 1.82 bits per heavy atom. The number of thiol groups is 1. The van der Waals surface area contributed by atoms with Gasteiger partial charge in [0, 0.05) is 5.75 Å². The first-order chi connectivity index (χ1) is 5.34. The van der Waals surface area contributed by atoms with Crippen LogP contribution in [-0.4, -0.2) is 24.7 Å². The van der Waals surface area contributed by atoms with Crippen LogP contribution in [0.1, 0.15) is 0 Å². The Labute approximate surface area is 69.7 Å². The summed E-state index contributed by atoms with van der Waals surface area (Å²) in [6.45, 7) is 0.328. The smallest absolute Gasteiger partial charge is 0.362 e. The molecule has 5 heteroatoms. The molecule has 0 bridgehead atoms. The number of nitrogens with zero attached hydrogens (tertiary/aromatic N) is 1. The summed E-state index contributed by atoms with van der Waals surface area (Å²) in [6, 6.07) is 0. The third-order valence-electron chi connectivity index (χ3n) is 1.09. The van der Waals surface area contributed by atoms with Crippen LogP contribution >= 0.6 is 12.6 Å². The molecule has 0 spiro atoms. The molecular weight excluding hydrogens is 164 g/mol. The number of ether oxygens (including phenoxy) is 1. The van der Waals surface area contributed by atoms with Crippen LogP contribution in [0.4, 0.5) is 0 Å². The van der Waals surface area contributed by atoms with Crippen molar-refractivity contribution in [2.75, 3.05) is 12.4 Å². The van der Waals surface area contributed by atoms with Gasteiger partial charge < -0.3 is 4.74 Å². The Morgan fingerprint density at radius 3 is 3.18 bits per heavy atom. The van der Waals surface area contributed by atoms with E-state index in [1.54, 1.807) is 17.9 Å². The highest BCUT2D eigenvalue weighted by Crippen LogP contribution is 1.98. The Morgan fingerprint density at radius 2 is 2.64 bits per heavy atom. The van der Waals surface area contributed by atoms with E-state index in [0.29, 0.717) is 18.1 Å². The number of quaternary nitrogens is 1. The lowest BCUT2D eigenvalue weighted by Crippen LogP contribution is -2.74. The van der Waals surface area contributed by atoms with E-state index in [2.05, 4.69) is 17.6 Å². The maximum Gasteiger partial charge on any atom is 0.362 e. The largest absolute Gasteiger partial charge is 0.460 e. The third kappa shape index (κ3) is 2.36. The lowest BCUT2D eigenvalue weighted by molar-refractivity contribution is -0.447. The Balaban J connectivity index is 2.35. The standard InChI is InChI=1S/C6H8N2O2S/c9-6(10-1-2-11)5-3-7-4-8-5/h3-4,11H,1-2H2,(H,7,8)/p+1. The summed E-state index contributed by atoms with van der Waals surface area (Å²) in [6.07, 6.45) is 3.16. The van der Waals surface area contributed by atoms with Crippen LogP contribution in [0.2, 0.25) is 0 Å². The predicted molar refractivity (Wildman–Crippen MR) is 43.3 cm³/mol. The van der Waals surface area contributed by atoms with E-state index in [1.165, 1.54) is 0 Å². The summed E-state index contributed by atoms with van der Waals surface area (Å²) in [5.74, 6) is 0.149. The number of esters is 1. The molecule has 0 saturated carbocycles. The van der Waals surface area contributed by atoms with Crippen LogP contribution in [0.25, 0.3) is 0 Å². The molecule has 0 radical (unpaired) electrons. The van der Waals surface area contributed by atoms with Gasteiger partial charge in [-0.2, -0.15) is 17.6 Å². The summed E-state index contributed by atoms with van der Waals surface area (Å²) in [5.41, 5.74) is 0.354. The molecule has 0 amide bonds. The van der Waals surface area contributed by atoms with Crippen molar-refractivity contribution in [3.8, 4) is 0 Å². The van der Waals surface area contributed by atoms with Gasteiger partial charge in [0.25, 0.3) is 0 Å². The Bertz CT molecular complexity index is 213. The molecular formula is C6H9N2O2S+. The van der Waals surface area contributed by atoms with Crippen LogP contribution in [0.3, 0.4) is 0 Å². The minimum atomic E-state index is -0.385. The molecule has 4 nitrogen and oxygen atoms in total. The van der Waals surface area contributed by atoms with Crippen molar-refractivity contribution in [2.45, 2.75) is 0 Å². The highest BCUT2D eigenvalue weighted by atomic mass is 32.1. The van der Waals surface area contributed by atoms with Gasteiger partial charge in [-0.3, -0.25) is 5.32 Å². The van der Waals surface area contributed by atoms with E-state index >= 15 is 0 Å². The van der Waals surface area contributed by atoms with Gasteiger partial charge in [-0.1, -0.05) is 0 Å². The van der Waals surface area contributed by atoms with Crippen LogP contribution in [-0.2, 0) is 9.53 Å². The Hall–Kier alpha value is -0.810. The zero-order valence-corrected chi connectivity index (χ0v) is 6.75. The molecule has 1 aliphatic rings. The number of hydrogen-bond acceptors (Lipinski definition) is 4. The van der Waals surface area contributed by atoms with Crippen molar-refractivity contribution in [1.82, 2.24) is 0 Å². The van der Waals surface area contributed by atoms with Crippen LogP contribution in [0, 0.1) is 0 Å². The molecule has 2 N–H and O–H groups in total. The van der Waals surface area contributed by atoms with Crippen molar-refractivity contribution in [3.05, 3.63) is 11.9 Å². The van der Waals surface area contributed by atoms with Gasteiger partial charge in [0.2, 0.25) is 5.70 Å². The fourth-order valence-corrected chi connectivity index (χ4v) is 0.725. The fourth-order valence-electron chi connectivity index (χ4n) is 0.634. The second-order valence-electron chi connectivity index (χ2n) is 1.88. The highest BCUT2D eigenvalue weighted by Gasteiger charge is 2.13. The topological polar surface area (TPSA) is 55.3 Å². The average Bonchev–Trinajstić information content (AvgIpc) is 2.52. The lowest BCUT2D eigenvalue weighted by Gasteiger charge is -1.97. The third-order valence-corrected chi connectivity index (χ3v) is 1.27. The SMILES string of the molecule is O=C(OCCS)C1=C[NH2+]C=N1. The molecule has 0 aromatic heterocycles. The second-order valence-corrected chi connectivity index (χ2v) is 2.33. The van der Waals surface area contributed by atoms with Gasteiger partial charge in [-0.25, -0.2) is 4.79 Å². The highest BCUT2D eigenvalue weighted by molar-refractivity contribution is 7.80. The number of hydrogen-bond donors (Lipinski definition) is 2. The van der Waals surface area contributed by atoms with E-state index in [0.717, 1.165) is 0 Å². The molecule has 0 aromatic rings. The molecule has 1 aliphatic heterocycles. The number of carbonyl (C=O) groups is 1. The molecule has 0 atom stereocenters. The van der Waals surface area contributed by atoms with E-state index in [9.17, 15) is 4.79 Å². The first-order valence-corrected chi connectivity index (χ1v) is 3.83. The van der Waals surface area contributed by atoms with Gasteiger partial charge in [0.15, 0.2) is 6.34 Å². The molecule has 0 unspecified atom stereocenters. The molecule has 0 saturated heterocycles. The molecule has 11 heavy (non-hydrogen) atoms. The summed E-state index contributed by atoms with van der Waals surface area (Å²) in [7, 11) is 0. The van der Waals surface area contributed by atoms with E-state index < -0.39 is 0 Å². The molecule has 1 heterocycles. The van der Waals surface area contributed by atoms with Gasteiger partial charge in [0.05, 0.1) is 0 Å². The maximum atomic E-state index is 10.9. The van der Waals surface area contributed by atoms with E-state index in [1.807, 2.05) is 0 Å². The minimum Gasteiger partial charge on any atom is -0.460 e. The molecule has 1 rings (SSSR count). The van der Waals surface area contributed by atoms with Crippen molar-refractivity contribution in [3.63, 3.8) is 0 Å². The van der Waals surface area contributed by atoms with Gasteiger partial charge in [-0.05, 0) is 0 Å². The van der Waals surface area contributed by atoms with Crippen LogP contribution in [0.5, 0.6) is 0 Å². The first-order valence-electron chi connectivity index (χ1n) is 3.20. The van der Waals surface area contributed by atoms with Crippen LogP contribution < -0.4 is 5.32 Å². The average molecular weight is 173 g/mol. The fraction of sp³-hybridized carbons (Fsp3) is 0.333. The van der Waals surface area contributed by atoms with Crippen molar-refractivity contribution in [1.29, 1.82) is 0 Å². The van der Waals surface area contributed by atoms with Crippen molar-refractivity contribution in [2.24, 2.45) is 4.99 Å². The lowest BCUT2D eigenvalue weighted by atomic mass is 10.5. The van der Waals surface area contributed by atoms with Crippen molar-refractivity contribution < 1.29 is 14.8 Å². The normalized spacial score (nSPS) is 14.8. The zero-order valence-electron chi connectivity index (χ0n) is 5.86. The zero-order chi connectivity index (χ0) is 8.10. The van der Waals surface area contributed by atoms with E-state index in [-0.39, 0.29) is 5.97 Å². The molecule has 0 fully saturated rings. The molecule has 0 aliphatic carbocycles. The summed E-state index contributed by atoms with van der Waals surface area (Å²) in [4.78, 5) is 14.7. The van der Waals surface area contributed by atoms with Crippen LogP contribution in [0.15, 0.2) is 16.9 Å². The number of rotatable bonds is 3. The van der Waals surface area contributed by atoms with Gasteiger partial charge in [0.1, 0.15) is 12.8 Å². The minimum absolute atomic E-state index is 0.328. The van der Waals surface area contributed by atoms with E-state index in [4.69, 9.17) is 4.74 Å². The quantitative estimate of drug-likeness (QED) is 0.421. The van der Waals surface area contributed by atoms with Crippen molar-refractivity contribution >= 4 is 24.9 Å². The van der Waals surface area contributed by atoms with Gasteiger partial charge in [-0.15, -0.1) is 0 Å². The number of carbonyl (C=O) groups excluding carboxylic acids is 1. The molecule has 0 aromatic carbocycles. The number of nitrogens with two attached hydrogens (primary N) is 1. The number of aliphatic imine (C=N–C) groups is 1.